The van der Waals surface area contributed by atoms with E-state index < -0.39 is 0 Å². The fraction of sp³-hybridized carbons (Fsp3) is 0. The predicted octanol–water partition coefficient (Wildman–Crippen LogP) is 25.9. The van der Waals surface area contributed by atoms with Gasteiger partial charge in [-0.2, -0.15) is 21.0 Å². The van der Waals surface area contributed by atoms with Gasteiger partial charge in [-0.15, -0.1) is 0 Å². The molecule has 16 nitrogen and oxygen atoms in total. The van der Waals surface area contributed by atoms with Crippen molar-refractivity contribution in [2.75, 3.05) is 0 Å². The molecule has 0 aliphatic rings. The lowest BCUT2D eigenvalue weighted by atomic mass is 9.95. The average molecular weight is 1530 g/mol. The molecule has 0 spiro atoms. The molecule has 0 bridgehead atoms. The second kappa shape index (κ2) is 30.4. The summed E-state index contributed by atoms with van der Waals surface area (Å²) in [5.41, 5.74) is 21.2. The highest BCUT2D eigenvalue weighted by Gasteiger charge is 2.26. The minimum absolute atomic E-state index is 0.331. The van der Waals surface area contributed by atoms with Crippen molar-refractivity contribution in [3.8, 4) is 171 Å². The van der Waals surface area contributed by atoms with Crippen molar-refractivity contribution in [3.05, 3.63) is 396 Å². The molecule has 4 heterocycles. The van der Waals surface area contributed by atoms with Gasteiger partial charge in [0.05, 0.1) is 95.1 Å². The normalized spacial score (nSPS) is 10.9. The van der Waals surface area contributed by atoms with Gasteiger partial charge in [0.1, 0.15) is 0 Å². The van der Waals surface area contributed by atoms with Crippen LogP contribution in [0.4, 0.5) is 22.7 Å². The highest BCUT2D eigenvalue weighted by molar-refractivity contribution is 6.14. The zero-order valence-corrected chi connectivity index (χ0v) is 63.3. The highest BCUT2D eigenvalue weighted by atomic mass is 15.1. The summed E-state index contributed by atoms with van der Waals surface area (Å²) in [6.07, 6.45) is 0. The summed E-state index contributed by atoms with van der Waals surface area (Å²) in [5, 5.41) is 44.2. The van der Waals surface area contributed by atoms with Crippen LogP contribution in [0.25, 0.3) is 209 Å². The van der Waals surface area contributed by atoms with Crippen LogP contribution in [0.5, 0.6) is 0 Å². The molecule has 19 aromatic rings. The van der Waals surface area contributed by atoms with Crippen molar-refractivity contribution in [3.63, 3.8) is 0 Å². The Morgan fingerprint density at radius 1 is 0.208 bits per heavy atom. The van der Waals surface area contributed by atoms with Crippen LogP contribution in [0.1, 0.15) is 22.3 Å². The zero-order chi connectivity index (χ0) is 81.5. The second-order valence-electron chi connectivity index (χ2n) is 28.7. The predicted molar refractivity (Wildman–Crippen MR) is 471 cm³/mol. The maximum Gasteiger partial charge on any atom is 0.189 e. The summed E-state index contributed by atoms with van der Waals surface area (Å²) in [6.45, 7) is 32.0. The Morgan fingerprint density at radius 3 is 0.767 bits per heavy atom. The van der Waals surface area contributed by atoms with Gasteiger partial charge in [0.25, 0.3) is 0 Å². The molecule has 16 heteroatoms. The Kier molecular flexibility index (Phi) is 18.3. The first-order valence-electron chi connectivity index (χ1n) is 38.0. The number of hydrogen-bond acceptors (Lipinski definition) is 10. The van der Waals surface area contributed by atoms with Crippen molar-refractivity contribution in [2.24, 2.45) is 0 Å². The van der Waals surface area contributed by atoms with Crippen LogP contribution in [0.3, 0.4) is 0 Å². The molecule has 19 rings (SSSR count). The van der Waals surface area contributed by atoms with Gasteiger partial charge in [-0.3, -0.25) is 0 Å². The SMILES string of the molecule is [C-]#[N+]c1cc(C#N)cc(-c2ccc3c(c2)c2cc(-c4cc(C#N)cc(C#N)c4)ccc2n3-c2ccc(-c3cccc(-c4ccc(-n5c6ccc(-c7cc(C#N)cc([N+]#[C-])c7)cc6c6cc(-c7cc([N+]#[C-])cc([N+]#[C-])c7)ccc65)c(-c5nc(-c6ccccc6)nc(-c6ccccc6)n5)c4)c3)cc2-c2nc(-c3ccccc3)nc(-c3ccccc3)n2)c1. The first kappa shape index (κ1) is 72.1. The smallest absolute Gasteiger partial charge is 0.189 e. The van der Waals surface area contributed by atoms with E-state index >= 15 is 0 Å². The lowest BCUT2D eigenvalue weighted by Gasteiger charge is -2.18. The van der Waals surface area contributed by atoms with E-state index in [2.05, 4.69) is 156 Å². The van der Waals surface area contributed by atoms with Crippen molar-refractivity contribution in [2.45, 2.75) is 0 Å². The topological polar surface area (TPSA) is 200 Å². The van der Waals surface area contributed by atoms with Gasteiger partial charge in [-0.05, 0) is 200 Å². The number of nitrogens with zero attached hydrogens (tertiary/aromatic N) is 16. The maximum absolute atomic E-state index is 10.2. The molecule has 0 saturated carbocycles. The minimum Gasteiger partial charge on any atom is -0.308 e. The first-order chi connectivity index (χ1) is 59.0. The Hall–Kier alpha value is -18.2. The van der Waals surface area contributed by atoms with Crippen LogP contribution in [-0.2, 0) is 0 Å². The summed E-state index contributed by atoms with van der Waals surface area (Å²) in [6, 6.07) is 115. The molecule has 120 heavy (non-hydrogen) atoms. The summed E-state index contributed by atoms with van der Waals surface area (Å²) in [4.78, 5) is 47.0. The van der Waals surface area contributed by atoms with E-state index in [4.69, 9.17) is 56.2 Å². The van der Waals surface area contributed by atoms with Gasteiger partial charge in [0.2, 0.25) is 0 Å². The van der Waals surface area contributed by atoms with Crippen LogP contribution in [0.15, 0.2) is 328 Å². The summed E-state index contributed by atoms with van der Waals surface area (Å²) in [7, 11) is 0. The van der Waals surface area contributed by atoms with Crippen molar-refractivity contribution < 1.29 is 0 Å². The summed E-state index contributed by atoms with van der Waals surface area (Å²) >= 11 is 0. The fourth-order valence-electron chi connectivity index (χ4n) is 15.8. The minimum atomic E-state index is 0.331. The molecule has 4 aromatic heterocycles. The third-order valence-electron chi connectivity index (χ3n) is 21.5. The molecule has 0 N–H and O–H groups in total. The molecular weight excluding hydrogens is 1470 g/mol. The van der Waals surface area contributed by atoms with Gasteiger partial charge in [0, 0.05) is 66.1 Å². The molecule has 15 aromatic carbocycles. The third kappa shape index (κ3) is 13.4. The second-order valence-corrected chi connectivity index (χ2v) is 28.7. The van der Waals surface area contributed by atoms with Crippen molar-refractivity contribution in [1.82, 2.24) is 39.0 Å². The van der Waals surface area contributed by atoms with E-state index in [9.17, 15) is 21.0 Å². The molecule has 0 saturated heterocycles. The number of benzene rings is 15. The van der Waals surface area contributed by atoms with Gasteiger partial charge in [-0.1, -0.05) is 194 Å². The van der Waals surface area contributed by atoms with E-state index in [0.29, 0.717) is 113 Å². The van der Waals surface area contributed by atoms with Gasteiger partial charge < -0.3 is 9.13 Å². The fourth-order valence-corrected chi connectivity index (χ4v) is 15.8. The molecule has 550 valence electrons. The van der Waals surface area contributed by atoms with Gasteiger partial charge in [0.15, 0.2) is 57.7 Å². The Bertz CT molecular complexity index is 6910. The van der Waals surface area contributed by atoms with Crippen LogP contribution in [0.2, 0.25) is 0 Å². The number of rotatable bonds is 14. The molecule has 0 fully saturated rings. The molecule has 0 atom stereocenters. The van der Waals surface area contributed by atoms with E-state index in [1.165, 1.54) is 0 Å². The van der Waals surface area contributed by atoms with E-state index in [0.717, 1.165) is 122 Å². The summed E-state index contributed by atoms with van der Waals surface area (Å²) in [5.74, 6) is 2.63. The highest BCUT2D eigenvalue weighted by Crippen LogP contribution is 2.46. The van der Waals surface area contributed by atoms with Crippen LogP contribution < -0.4 is 0 Å². The number of aromatic nitrogens is 8. The first-order valence-corrected chi connectivity index (χ1v) is 38.0. The molecule has 0 radical (unpaired) electrons. The number of hydrogen-bond donors (Lipinski definition) is 0. The van der Waals surface area contributed by atoms with Gasteiger partial charge >= 0.3 is 0 Å². The van der Waals surface area contributed by atoms with E-state index in [-0.39, 0.29) is 0 Å². The van der Waals surface area contributed by atoms with Crippen LogP contribution >= 0.6 is 0 Å². The third-order valence-corrected chi connectivity index (χ3v) is 21.5. The molecule has 0 amide bonds. The lowest BCUT2D eigenvalue weighted by molar-refractivity contribution is 1.06. The Balaban J connectivity index is 0.838. The number of nitriles is 4. The monoisotopic (exact) mass is 1530 g/mol. The summed E-state index contributed by atoms with van der Waals surface area (Å²) < 4.78 is 4.42. The van der Waals surface area contributed by atoms with Crippen molar-refractivity contribution >= 4 is 66.4 Å². The largest absolute Gasteiger partial charge is 0.308 e. The van der Waals surface area contributed by atoms with Crippen LogP contribution in [-0.4, -0.2) is 39.0 Å². The Labute approximate surface area is 688 Å². The molecule has 0 aliphatic carbocycles. The van der Waals surface area contributed by atoms with Gasteiger partial charge in [-0.25, -0.2) is 49.3 Å². The van der Waals surface area contributed by atoms with E-state index in [1.807, 2.05) is 152 Å². The van der Waals surface area contributed by atoms with E-state index in [1.54, 1.807) is 72.8 Å². The molecular formula is C104H54N16. The van der Waals surface area contributed by atoms with Crippen molar-refractivity contribution in [1.29, 1.82) is 21.0 Å². The van der Waals surface area contributed by atoms with Crippen LogP contribution in [0, 0.1) is 71.6 Å². The Morgan fingerprint density at radius 2 is 0.458 bits per heavy atom. The molecule has 0 unspecified atom stereocenters. The number of fused-ring (bicyclic) bond motifs is 6. The average Bonchev–Trinajstić information content (AvgIpc) is 1.58. The quantitative estimate of drug-likeness (QED) is 0.0943. The maximum atomic E-state index is 10.2. The molecule has 0 aliphatic heterocycles. The standard InChI is InChI=1S/C104H54N16/c1-109-83-45-65(61-107)43-80(48-83)76-31-35-94-88(53-76)87-52-75(79-41-63(59-105)40-64(42-79)60-106)30-34-93(87)119(94)97-38-28-73(56-91(97)103-115-99(67-18-9-5-10-19-67)113-100(116-103)68-20-11-6-12-21-68)71-26-17-27-72(47-71)74-29-39-98(92(57-74)104-117-101(69-22-13-7-14-23-69)114-102(118-104)70-24-15-8-16-25-70)120-95-36-32-77(81-44-66(62-108)46-84(49-81)110-2)54-89(95)90-55-78(33-37-96(90)120)82-50-85(111-3)58-86(51-82)112-4/h5-58H. The zero-order valence-electron chi connectivity index (χ0n) is 63.3. The lowest BCUT2D eigenvalue weighted by Crippen LogP contribution is -2.04.